The van der Waals surface area contributed by atoms with Crippen molar-refractivity contribution in [3.05, 3.63) is 27.7 Å². The number of halogens is 2. The van der Waals surface area contributed by atoms with Crippen LogP contribution in [0.4, 0.5) is 0 Å². The van der Waals surface area contributed by atoms with Gasteiger partial charge in [-0.15, -0.1) is 0 Å². The number of sulfonamides is 1. The zero-order chi connectivity index (χ0) is 15.6. The highest BCUT2D eigenvalue weighted by Gasteiger charge is 2.28. The van der Waals surface area contributed by atoms with Gasteiger partial charge in [-0.25, -0.2) is 13.1 Å². The third kappa shape index (κ3) is 3.71. The first-order chi connectivity index (χ1) is 9.86. The van der Waals surface area contributed by atoms with E-state index in [2.05, 4.69) is 4.72 Å². The normalized spacial score (nSPS) is 18.1. The molecule has 0 radical (unpaired) electrons. The van der Waals surface area contributed by atoms with Crippen molar-refractivity contribution in [2.75, 3.05) is 0 Å². The lowest BCUT2D eigenvalue weighted by Crippen LogP contribution is -2.37. The Kier molecular flexibility index (Phi) is 5.54. The minimum absolute atomic E-state index is 0.0406. The highest BCUT2D eigenvalue weighted by atomic mass is 35.5. The summed E-state index contributed by atoms with van der Waals surface area (Å²) >= 11 is 12.1. The average Bonchev–Trinajstić information content (AvgIpc) is 2.92. The van der Waals surface area contributed by atoms with E-state index in [9.17, 15) is 8.42 Å². The van der Waals surface area contributed by atoms with E-state index in [0.29, 0.717) is 16.5 Å². The van der Waals surface area contributed by atoms with Crippen molar-refractivity contribution < 1.29 is 8.42 Å². The fraction of sp³-hybridized carbons (Fsp3) is 0.571. The molecular weight excluding hydrogens is 331 g/mol. The summed E-state index contributed by atoms with van der Waals surface area (Å²) in [6, 6.07) is 2.84. The van der Waals surface area contributed by atoms with E-state index in [1.165, 1.54) is 12.1 Å². The lowest BCUT2D eigenvalue weighted by Gasteiger charge is -2.21. The summed E-state index contributed by atoms with van der Waals surface area (Å²) in [5.74, 6) is 0.389. The predicted octanol–water partition coefficient (Wildman–Crippen LogP) is 3.31. The fourth-order valence-corrected chi connectivity index (χ4v) is 5.08. The number of nitrogens with two attached hydrogens (primary N) is 1. The van der Waals surface area contributed by atoms with Gasteiger partial charge in [0.1, 0.15) is 4.90 Å². The molecular formula is C14H20Cl2N2O2S. The van der Waals surface area contributed by atoms with Crippen molar-refractivity contribution in [2.24, 2.45) is 11.7 Å². The maximum Gasteiger partial charge on any atom is 0.242 e. The molecule has 1 saturated carbocycles. The molecule has 1 aromatic carbocycles. The Morgan fingerprint density at radius 2 is 1.95 bits per heavy atom. The first-order valence-corrected chi connectivity index (χ1v) is 9.30. The molecule has 0 aliphatic heterocycles. The van der Waals surface area contributed by atoms with Crippen molar-refractivity contribution in [3.63, 3.8) is 0 Å². The van der Waals surface area contributed by atoms with Crippen LogP contribution in [0.25, 0.3) is 0 Å². The van der Waals surface area contributed by atoms with Gasteiger partial charge in [-0.1, -0.05) is 36.0 Å². The molecule has 0 aromatic heterocycles. The third-order valence-electron chi connectivity index (χ3n) is 4.09. The van der Waals surface area contributed by atoms with Gasteiger partial charge >= 0.3 is 0 Å². The van der Waals surface area contributed by atoms with Crippen LogP contribution < -0.4 is 10.5 Å². The summed E-state index contributed by atoms with van der Waals surface area (Å²) in [6.45, 7) is 2.00. The zero-order valence-corrected chi connectivity index (χ0v) is 14.2. The van der Waals surface area contributed by atoms with Gasteiger partial charge < -0.3 is 5.73 Å². The van der Waals surface area contributed by atoms with Crippen LogP contribution >= 0.6 is 23.2 Å². The molecule has 21 heavy (non-hydrogen) atoms. The maximum atomic E-state index is 12.5. The maximum absolute atomic E-state index is 12.5. The minimum atomic E-state index is -3.67. The van der Waals surface area contributed by atoms with E-state index in [0.717, 1.165) is 25.7 Å². The van der Waals surface area contributed by atoms with Gasteiger partial charge in [0.15, 0.2) is 0 Å². The summed E-state index contributed by atoms with van der Waals surface area (Å²) < 4.78 is 27.8. The second-order valence-corrected chi connectivity index (χ2v) is 7.96. The van der Waals surface area contributed by atoms with Crippen molar-refractivity contribution in [1.82, 2.24) is 4.72 Å². The van der Waals surface area contributed by atoms with Gasteiger partial charge in [-0.2, -0.15) is 0 Å². The Labute approximate surface area is 136 Å². The number of hydrogen-bond acceptors (Lipinski definition) is 3. The standard InChI is InChI=1S/C14H20Cl2N2O2S/c1-9(10-4-2-3-5-10)18-21(19,20)13-7-6-12(15)11(8-17)14(13)16/h6-7,9-10,18H,2-5,8,17H2,1H3. The summed E-state index contributed by atoms with van der Waals surface area (Å²) in [5, 5.41) is 0.487. The molecule has 0 amide bonds. The van der Waals surface area contributed by atoms with Gasteiger partial charge in [-0.05, 0) is 37.8 Å². The topological polar surface area (TPSA) is 72.2 Å². The molecule has 0 bridgehead atoms. The number of rotatable bonds is 5. The minimum Gasteiger partial charge on any atom is -0.326 e. The highest BCUT2D eigenvalue weighted by molar-refractivity contribution is 7.89. The lowest BCUT2D eigenvalue weighted by molar-refractivity contribution is 0.424. The molecule has 7 heteroatoms. The smallest absolute Gasteiger partial charge is 0.242 e. The largest absolute Gasteiger partial charge is 0.326 e. The van der Waals surface area contributed by atoms with Crippen LogP contribution in [-0.4, -0.2) is 14.5 Å². The Morgan fingerprint density at radius 1 is 1.33 bits per heavy atom. The molecule has 1 fully saturated rings. The molecule has 0 spiro atoms. The van der Waals surface area contributed by atoms with E-state index in [4.69, 9.17) is 28.9 Å². The molecule has 118 valence electrons. The van der Waals surface area contributed by atoms with E-state index >= 15 is 0 Å². The highest BCUT2D eigenvalue weighted by Crippen LogP contribution is 2.32. The first-order valence-electron chi connectivity index (χ1n) is 7.06. The van der Waals surface area contributed by atoms with Crippen LogP contribution in [0.2, 0.25) is 10.0 Å². The third-order valence-corrected chi connectivity index (χ3v) is 6.59. The van der Waals surface area contributed by atoms with Crippen molar-refractivity contribution in [2.45, 2.75) is 50.1 Å². The van der Waals surface area contributed by atoms with Crippen LogP contribution in [0.3, 0.4) is 0 Å². The number of hydrogen-bond donors (Lipinski definition) is 2. The summed E-state index contributed by atoms with van der Waals surface area (Å²) in [5.41, 5.74) is 6.03. The van der Waals surface area contributed by atoms with Crippen molar-refractivity contribution in [3.8, 4) is 0 Å². The van der Waals surface area contributed by atoms with Gasteiger partial charge in [0, 0.05) is 23.2 Å². The molecule has 0 saturated heterocycles. The van der Waals surface area contributed by atoms with Crippen LogP contribution in [0.1, 0.15) is 38.2 Å². The SMILES string of the molecule is CC(NS(=O)(=O)c1ccc(Cl)c(CN)c1Cl)C1CCCC1. The summed E-state index contributed by atoms with van der Waals surface area (Å²) in [7, 11) is -3.67. The second kappa shape index (κ2) is 6.84. The van der Waals surface area contributed by atoms with Gasteiger partial charge in [0.2, 0.25) is 10.0 Å². The monoisotopic (exact) mass is 350 g/mol. The fourth-order valence-electron chi connectivity index (χ4n) is 2.83. The molecule has 1 aliphatic carbocycles. The number of benzene rings is 1. The molecule has 1 aliphatic rings. The van der Waals surface area contributed by atoms with E-state index in [-0.39, 0.29) is 22.5 Å². The van der Waals surface area contributed by atoms with E-state index in [1.54, 1.807) is 0 Å². The zero-order valence-electron chi connectivity index (χ0n) is 11.9. The molecule has 2 rings (SSSR count). The quantitative estimate of drug-likeness (QED) is 0.855. The summed E-state index contributed by atoms with van der Waals surface area (Å²) in [4.78, 5) is 0.0406. The lowest BCUT2D eigenvalue weighted by atomic mass is 10.0. The van der Waals surface area contributed by atoms with E-state index in [1.807, 2.05) is 6.92 Å². The second-order valence-electron chi connectivity index (χ2n) is 5.50. The molecule has 1 atom stereocenters. The average molecular weight is 351 g/mol. The van der Waals surface area contributed by atoms with Crippen LogP contribution in [-0.2, 0) is 16.6 Å². The van der Waals surface area contributed by atoms with Crippen LogP contribution in [0, 0.1) is 5.92 Å². The summed E-state index contributed by atoms with van der Waals surface area (Å²) in [6.07, 6.45) is 4.45. The van der Waals surface area contributed by atoms with Gasteiger partial charge in [0.05, 0.1) is 5.02 Å². The molecule has 1 aromatic rings. The number of nitrogens with one attached hydrogen (secondary N) is 1. The molecule has 4 nitrogen and oxygen atoms in total. The van der Waals surface area contributed by atoms with Crippen LogP contribution in [0.15, 0.2) is 17.0 Å². The molecule has 3 N–H and O–H groups in total. The Morgan fingerprint density at radius 3 is 2.52 bits per heavy atom. The predicted molar refractivity (Wildman–Crippen MR) is 86.1 cm³/mol. The Balaban J connectivity index is 2.27. The van der Waals surface area contributed by atoms with Crippen LogP contribution in [0.5, 0.6) is 0 Å². The molecule has 0 heterocycles. The van der Waals surface area contributed by atoms with Gasteiger partial charge in [-0.3, -0.25) is 0 Å². The first kappa shape index (κ1) is 17.0. The van der Waals surface area contributed by atoms with E-state index < -0.39 is 10.0 Å². The molecule has 1 unspecified atom stereocenters. The van der Waals surface area contributed by atoms with Crippen molar-refractivity contribution >= 4 is 33.2 Å². The Bertz CT molecular complexity index is 614. The Hall–Kier alpha value is -0.330. The van der Waals surface area contributed by atoms with Gasteiger partial charge in [0.25, 0.3) is 0 Å². The van der Waals surface area contributed by atoms with Crippen molar-refractivity contribution in [1.29, 1.82) is 0 Å².